The highest BCUT2D eigenvalue weighted by atomic mass is 32.2. The van der Waals surface area contributed by atoms with Crippen LogP contribution in [0.4, 0.5) is 0 Å². The predicted octanol–water partition coefficient (Wildman–Crippen LogP) is 1.03. The Morgan fingerprint density at radius 3 is 2.79 bits per heavy atom. The maximum atomic E-state index is 10.9. The molecule has 0 amide bonds. The summed E-state index contributed by atoms with van der Waals surface area (Å²) in [4.78, 5) is 0. The lowest BCUT2D eigenvalue weighted by Crippen LogP contribution is -2.31. The first kappa shape index (κ1) is 12.3. The van der Waals surface area contributed by atoms with Crippen LogP contribution in [0.5, 0.6) is 0 Å². The Labute approximate surface area is 90.7 Å². The third-order valence-corrected chi connectivity index (χ3v) is 5.06. The lowest BCUT2D eigenvalue weighted by molar-refractivity contribution is 0.555. The molecule has 1 rings (SSSR count). The minimum atomic E-state index is -2.81. The number of nitrogens with two attached hydrogens (primary N) is 1. The largest absolute Gasteiger partial charge is 0.327 e. The standard InChI is InChI=1S/C9H19NO2S2/c1-14(11,12)7-3-4-8(10)9-5-2-6-13-9/h8-9H,2-7,10H2,1H3. The molecule has 84 valence electrons. The van der Waals surface area contributed by atoms with Crippen LogP contribution in [0, 0.1) is 0 Å². The fourth-order valence-electron chi connectivity index (χ4n) is 1.71. The number of hydrogen-bond donors (Lipinski definition) is 1. The van der Waals surface area contributed by atoms with Gasteiger partial charge in [0.05, 0.1) is 0 Å². The molecule has 0 bridgehead atoms. The molecule has 5 heteroatoms. The Bertz CT molecular complexity index is 258. The Balaban J connectivity index is 2.17. The molecule has 14 heavy (non-hydrogen) atoms. The minimum absolute atomic E-state index is 0.184. The van der Waals surface area contributed by atoms with Gasteiger partial charge in [-0.15, -0.1) is 0 Å². The van der Waals surface area contributed by atoms with E-state index in [1.165, 1.54) is 24.9 Å². The van der Waals surface area contributed by atoms with Crippen molar-refractivity contribution in [2.45, 2.75) is 37.0 Å². The first-order valence-electron chi connectivity index (χ1n) is 5.04. The number of thioether (sulfide) groups is 1. The van der Waals surface area contributed by atoms with Crippen LogP contribution in [0.3, 0.4) is 0 Å². The van der Waals surface area contributed by atoms with Gasteiger partial charge >= 0.3 is 0 Å². The average molecular weight is 237 g/mol. The second-order valence-corrected chi connectivity index (χ2v) is 7.59. The lowest BCUT2D eigenvalue weighted by atomic mass is 10.1. The zero-order valence-electron chi connectivity index (χ0n) is 8.61. The van der Waals surface area contributed by atoms with Gasteiger partial charge in [0.1, 0.15) is 9.84 Å². The van der Waals surface area contributed by atoms with Gasteiger partial charge in [-0.25, -0.2) is 8.42 Å². The summed E-state index contributed by atoms with van der Waals surface area (Å²) in [6.45, 7) is 0. The molecule has 1 heterocycles. The molecule has 0 aliphatic carbocycles. The normalized spacial score (nSPS) is 25.1. The van der Waals surface area contributed by atoms with E-state index in [-0.39, 0.29) is 11.8 Å². The summed E-state index contributed by atoms with van der Waals surface area (Å²) >= 11 is 1.93. The molecule has 2 N–H and O–H groups in total. The van der Waals surface area contributed by atoms with Gasteiger partial charge in [-0.1, -0.05) is 0 Å². The van der Waals surface area contributed by atoms with Crippen LogP contribution in [0.15, 0.2) is 0 Å². The topological polar surface area (TPSA) is 60.2 Å². The quantitative estimate of drug-likeness (QED) is 0.776. The van der Waals surface area contributed by atoms with E-state index in [4.69, 9.17) is 5.73 Å². The smallest absolute Gasteiger partial charge is 0.147 e. The van der Waals surface area contributed by atoms with Crippen LogP contribution in [0.1, 0.15) is 25.7 Å². The zero-order chi connectivity index (χ0) is 10.6. The third-order valence-electron chi connectivity index (χ3n) is 2.50. The van der Waals surface area contributed by atoms with E-state index in [0.29, 0.717) is 11.7 Å². The van der Waals surface area contributed by atoms with Crippen molar-refractivity contribution in [3.63, 3.8) is 0 Å². The molecular formula is C9H19NO2S2. The van der Waals surface area contributed by atoms with Crippen molar-refractivity contribution in [3.05, 3.63) is 0 Å². The SMILES string of the molecule is CS(=O)(=O)CCCC(N)C1CCCS1. The summed E-state index contributed by atoms with van der Waals surface area (Å²) in [7, 11) is -2.81. The maximum Gasteiger partial charge on any atom is 0.147 e. The fraction of sp³-hybridized carbons (Fsp3) is 1.00. The Morgan fingerprint density at radius 1 is 1.57 bits per heavy atom. The third kappa shape index (κ3) is 4.66. The molecule has 1 fully saturated rings. The second-order valence-electron chi connectivity index (χ2n) is 3.99. The molecule has 1 saturated heterocycles. The van der Waals surface area contributed by atoms with Crippen molar-refractivity contribution in [2.24, 2.45) is 5.73 Å². The molecule has 0 aromatic heterocycles. The van der Waals surface area contributed by atoms with Crippen molar-refractivity contribution < 1.29 is 8.42 Å². The summed E-state index contributed by atoms with van der Waals surface area (Å²) in [5, 5.41) is 0.564. The molecule has 1 aliphatic heterocycles. The van der Waals surface area contributed by atoms with Crippen LogP contribution in [-0.2, 0) is 9.84 Å². The highest BCUT2D eigenvalue weighted by Gasteiger charge is 2.22. The fourth-order valence-corrected chi connectivity index (χ4v) is 3.75. The van der Waals surface area contributed by atoms with Crippen molar-refractivity contribution in [1.82, 2.24) is 0 Å². The van der Waals surface area contributed by atoms with Gasteiger partial charge in [0.2, 0.25) is 0 Å². The first-order chi connectivity index (χ1) is 6.49. The molecule has 2 unspecified atom stereocenters. The van der Waals surface area contributed by atoms with Crippen LogP contribution in [0.2, 0.25) is 0 Å². The van der Waals surface area contributed by atoms with Gasteiger partial charge < -0.3 is 5.73 Å². The minimum Gasteiger partial charge on any atom is -0.327 e. The summed E-state index contributed by atoms with van der Waals surface area (Å²) < 4.78 is 21.8. The molecule has 0 aromatic rings. The molecule has 2 atom stereocenters. The second kappa shape index (κ2) is 5.37. The van der Waals surface area contributed by atoms with Gasteiger partial charge in [-0.2, -0.15) is 11.8 Å². The van der Waals surface area contributed by atoms with Gasteiger partial charge in [0.25, 0.3) is 0 Å². The van der Waals surface area contributed by atoms with E-state index in [1.807, 2.05) is 11.8 Å². The van der Waals surface area contributed by atoms with Crippen molar-refractivity contribution in [1.29, 1.82) is 0 Å². The number of sulfone groups is 1. The first-order valence-corrected chi connectivity index (χ1v) is 8.15. The Hall–Kier alpha value is 0.260. The molecular weight excluding hydrogens is 218 g/mol. The molecule has 0 radical (unpaired) electrons. The highest BCUT2D eigenvalue weighted by molar-refractivity contribution is 8.00. The molecule has 0 saturated carbocycles. The highest BCUT2D eigenvalue weighted by Crippen LogP contribution is 2.29. The van der Waals surface area contributed by atoms with Crippen LogP contribution >= 0.6 is 11.8 Å². The van der Waals surface area contributed by atoms with Crippen molar-refractivity contribution in [2.75, 3.05) is 17.8 Å². The van der Waals surface area contributed by atoms with Crippen molar-refractivity contribution >= 4 is 21.6 Å². The summed E-state index contributed by atoms with van der Waals surface area (Å²) in [6, 6.07) is 0.184. The van der Waals surface area contributed by atoms with E-state index in [2.05, 4.69) is 0 Å². The molecule has 0 spiro atoms. The van der Waals surface area contributed by atoms with Gasteiger partial charge in [-0.05, 0) is 31.4 Å². The van der Waals surface area contributed by atoms with Crippen molar-refractivity contribution in [3.8, 4) is 0 Å². The molecule has 0 aromatic carbocycles. The zero-order valence-corrected chi connectivity index (χ0v) is 10.2. The van der Waals surface area contributed by atoms with Gasteiger partial charge in [0.15, 0.2) is 0 Å². The number of rotatable bonds is 5. The van der Waals surface area contributed by atoms with E-state index in [9.17, 15) is 8.42 Å². The summed E-state index contributed by atoms with van der Waals surface area (Å²) in [5.74, 6) is 1.49. The lowest BCUT2D eigenvalue weighted by Gasteiger charge is -2.17. The maximum absolute atomic E-state index is 10.9. The Kier molecular flexibility index (Phi) is 4.73. The summed E-state index contributed by atoms with van der Waals surface area (Å²) in [6.07, 6.45) is 5.28. The van der Waals surface area contributed by atoms with Gasteiger partial charge in [-0.3, -0.25) is 0 Å². The van der Waals surface area contributed by atoms with Crippen LogP contribution in [-0.4, -0.2) is 37.5 Å². The monoisotopic (exact) mass is 237 g/mol. The molecule has 3 nitrogen and oxygen atoms in total. The summed E-state index contributed by atoms with van der Waals surface area (Å²) in [5.41, 5.74) is 5.99. The average Bonchev–Trinajstić information content (AvgIpc) is 2.53. The van der Waals surface area contributed by atoms with E-state index in [1.54, 1.807) is 0 Å². The molecule has 1 aliphatic rings. The van der Waals surface area contributed by atoms with Crippen LogP contribution < -0.4 is 5.73 Å². The van der Waals surface area contributed by atoms with Crippen LogP contribution in [0.25, 0.3) is 0 Å². The Morgan fingerprint density at radius 2 is 2.29 bits per heavy atom. The number of hydrogen-bond acceptors (Lipinski definition) is 4. The predicted molar refractivity (Wildman–Crippen MR) is 62.4 cm³/mol. The van der Waals surface area contributed by atoms with E-state index < -0.39 is 9.84 Å². The van der Waals surface area contributed by atoms with E-state index in [0.717, 1.165) is 6.42 Å². The van der Waals surface area contributed by atoms with E-state index >= 15 is 0 Å². The van der Waals surface area contributed by atoms with Gasteiger partial charge in [0, 0.05) is 23.3 Å².